The van der Waals surface area contributed by atoms with Gasteiger partial charge in [0.25, 0.3) is 0 Å². The van der Waals surface area contributed by atoms with Crippen molar-refractivity contribution >= 4 is 12.1 Å². The Labute approximate surface area is 173 Å². The molecule has 2 N–H and O–H groups in total. The van der Waals surface area contributed by atoms with E-state index in [0.717, 1.165) is 28.3 Å². The van der Waals surface area contributed by atoms with Crippen LogP contribution in [0.4, 0.5) is 9.18 Å². The van der Waals surface area contributed by atoms with Crippen LogP contribution in [-0.4, -0.2) is 23.8 Å². The van der Waals surface area contributed by atoms with Crippen LogP contribution >= 0.6 is 0 Å². The summed E-state index contributed by atoms with van der Waals surface area (Å²) in [5, 5.41) is 11.9. The molecule has 0 saturated heterocycles. The van der Waals surface area contributed by atoms with Crippen molar-refractivity contribution in [3.8, 4) is 11.1 Å². The largest absolute Gasteiger partial charge is 0.479 e. The van der Waals surface area contributed by atoms with E-state index in [4.69, 9.17) is 4.74 Å². The van der Waals surface area contributed by atoms with Crippen LogP contribution in [0, 0.1) is 12.7 Å². The summed E-state index contributed by atoms with van der Waals surface area (Å²) in [6.45, 7) is 1.72. The van der Waals surface area contributed by atoms with Gasteiger partial charge in [-0.2, -0.15) is 0 Å². The number of carbonyl (C=O) groups is 2. The minimum atomic E-state index is -1.41. The van der Waals surface area contributed by atoms with E-state index in [1.807, 2.05) is 48.5 Å². The molecule has 0 heterocycles. The Hall–Kier alpha value is -3.67. The summed E-state index contributed by atoms with van der Waals surface area (Å²) in [5.41, 5.74) is 5.05. The van der Waals surface area contributed by atoms with E-state index in [-0.39, 0.29) is 18.1 Å². The minimum Gasteiger partial charge on any atom is -0.479 e. The van der Waals surface area contributed by atoms with Crippen LogP contribution in [-0.2, 0) is 9.53 Å². The molecular weight excluding hydrogens is 385 g/mol. The number of amides is 1. The summed E-state index contributed by atoms with van der Waals surface area (Å²) >= 11 is 0. The van der Waals surface area contributed by atoms with Crippen molar-refractivity contribution in [3.63, 3.8) is 0 Å². The van der Waals surface area contributed by atoms with Crippen molar-refractivity contribution in [2.45, 2.75) is 18.9 Å². The first-order valence-electron chi connectivity index (χ1n) is 9.56. The number of halogens is 1. The number of nitrogens with one attached hydrogen (secondary N) is 1. The number of ether oxygens (including phenoxy) is 1. The number of hydrogen-bond donors (Lipinski definition) is 2. The lowest BCUT2D eigenvalue weighted by Crippen LogP contribution is -2.35. The van der Waals surface area contributed by atoms with Crippen molar-refractivity contribution in [1.29, 1.82) is 0 Å². The molecule has 1 atom stereocenters. The lowest BCUT2D eigenvalue weighted by molar-refractivity contribution is -0.139. The van der Waals surface area contributed by atoms with Gasteiger partial charge in [-0.25, -0.2) is 14.0 Å². The molecule has 4 rings (SSSR count). The van der Waals surface area contributed by atoms with Crippen molar-refractivity contribution in [1.82, 2.24) is 5.32 Å². The van der Waals surface area contributed by atoms with Gasteiger partial charge in [0, 0.05) is 5.92 Å². The highest BCUT2D eigenvalue weighted by Crippen LogP contribution is 2.44. The summed E-state index contributed by atoms with van der Waals surface area (Å²) < 4.78 is 19.0. The molecule has 5 nitrogen and oxygen atoms in total. The quantitative estimate of drug-likeness (QED) is 0.639. The van der Waals surface area contributed by atoms with Crippen molar-refractivity contribution < 1.29 is 23.8 Å². The van der Waals surface area contributed by atoms with Crippen LogP contribution in [0.2, 0.25) is 0 Å². The fourth-order valence-electron chi connectivity index (χ4n) is 3.95. The van der Waals surface area contributed by atoms with E-state index in [1.165, 1.54) is 12.1 Å². The van der Waals surface area contributed by atoms with E-state index in [2.05, 4.69) is 5.32 Å². The molecular formula is C24H20FNO4. The van der Waals surface area contributed by atoms with Crippen LogP contribution in [0.5, 0.6) is 0 Å². The second-order valence-electron chi connectivity index (χ2n) is 7.24. The van der Waals surface area contributed by atoms with Crippen molar-refractivity contribution in [3.05, 3.63) is 94.8 Å². The number of hydrogen-bond acceptors (Lipinski definition) is 3. The fraction of sp³-hybridized carbons (Fsp3) is 0.167. The predicted molar refractivity (Wildman–Crippen MR) is 110 cm³/mol. The standard InChI is InChI=1S/C24H20FNO4/c1-14-10-11-15(25)12-20(14)22(23(27)28)26-24(29)30-13-21-18-8-4-2-6-16(18)17-7-3-5-9-19(17)21/h2-12,21-22H,13H2,1H3,(H,26,29)(H,27,28). The molecule has 0 radical (unpaired) electrons. The van der Waals surface area contributed by atoms with Gasteiger partial charge in [-0.1, -0.05) is 54.6 Å². The van der Waals surface area contributed by atoms with Gasteiger partial charge in [-0.05, 0) is 52.4 Å². The zero-order valence-corrected chi connectivity index (χ0v) is 16.3. The average Bonchev–Trinajstić information content (AvgIpc) is 3.06. The van der Waals surface area contributed by atoms with E-state index >= 15 is 0 Å². The third-order valence-electron chi connectivity index (χ3n) is 5.41. The predicted octanol–water partition coefficient (Wildman–Crippen LogP) is 4.80. The van der Waals surface area contributed by atoms with Gasteiger partial charge in [0.1, 0.15) is 12.4 Å². The molecule has 0 bridgehead atoms. The van der Waals surface area contributed by atoms with E-state index in [9.17, 15) is 19.1 Å². The van der Waals surface area contributed by atoms with Gasteiger partial charge in [0.15, 0.2) is 6.04 Å². The number of carboxylic acids is 1. The summed E-state index contributed by atoms with van der Waals surface area (Å²) in [4.78, 5) is 24.1. The Morgan fingerprint density at radius 3 is 2.23 bits per heavy atom. The molecule has 0 fully saturated rings. The molecule has 152 valence electrons. The van der Waals surface area contributed by atoms with Crippen molar-refractivity contribution in [2.24, 2.45) is 0 Å². The first kappa shape index (κ1) is 19.6. The van der Waals surface area contributed by atoms with Crippen molar-refractivity contribution in [2.75, 3.05) is 6.61 Å². The molecule has 1 amide bonds. The average molecular weight is 405 g/mol. The number of benzene rings is 3. The highest BCUT2D eigenvalue weighted by Gasteiger charge is 2.30. The molecule has 3 aromatic carbocycles. The maximum Gasteiger partial charge on any atom is 0.408 e. The Bertz CT molecular complexity index is 1080. The molecule has 0 aliphatic heterocycles. The molecule has 30 heavy (non-hydrogen) atoms. The Kier molecular flexibility index (Phi) is 5.23. The monoisotopic (exact) mass is 405 g/mol. The number of aliphatic carboxylic acids is 1. The van der Waals surface area contributed by atoms with Crippen LogP contribution in [0.25, 0.3) is 11.1 Å². The van der Waals surface area contributed by atoms with Crippen LogP contribution in [0.3, 0.4) is 0 Å². The fourth-order valence-corrected chi connectivity index (χ4v) is 3.95. The SMILES string of the molecule is Cc1ccc(F)cc1C(NC(=O)OCC1c2ccccc2-c2ccccc21)C(=O)O. The molecule has 3 aromatic rings. The number of carbonyl (C=O) groups excluding carboxylic acids is 1. The number of carboxylic acid groups (broad SMARTS) is 1. The van der Waals surface area contributed by atoms with E-state index < -0.39 is 23.9 Å². The molecule has 0 saturated carbocycles. The molecule has 1 aliphatic carbocycles. The Morgan fingerprint density at radius 2 is 1.63 bits per heavy atom. The number of fused-ring (bicyclic) bond motifs is 3. The maximum absolute atomic E-state index is 13.6. The number of alkyl carbamates (subject to hydrolysis) is 1. The van der Waals surface area contributed by atoms with Crippen LogP contribution < -0.4 is 5.32 Å². The first-order valence-corrected chi connectivity index (χ1v) is 9.56. The first-order chi connectivity index (χ1) is 14.5. The lowest BCUT2D eigenvalue weighted by Gasteiger charge is -2.19. The normalized spacial score (nSPS) is 13.3. The summed E-state index contributed by atoms with van der Waals surface area (Å²) in [7, 11) is 0. The second-order valence-corrected chi connectivity index (χ2v) is 7.24. The zero-order valence-electron chi connectivity index (χ0n) is 16.3. The topological polar surface area (TPSA) is 75.6 Å². The van der Waals surface area contributed by atoms with Gasteiger partial charge in [0.05, 0.1) is 0 Å². The van der Waals surface area contributed by atoms with E-state index in [1.54, 1.807) is 6.92 Å². The van der Waals surface area contributed by atoms with Gasteiger partial charge < -0.3 is 15.2 Å². The maximum atomic E-state index is 13.6. The third-order valence-corrected chi connectivity index (χ3v) is 5.41. The van der Waals surface area contributed by atoms with Gasteiger partial charge in [-0.15, -0.1) is 0 Å². The van der Waals surface area contributed by atoms with Gasteiger partial charge in [-0.3, -0.25) is 0 Å². The molecule has 6 heteroatoms. The molecule has 1 unspecified atom stereocenters. The summed E-state index contributed by atoms with van der Waals surface area (Å²) in [6, 6.07) is 18.3. The molecule has 0 aromatic heterocycles. The molecule has 1 aliphatic rings. The van der Waals surface area contributed by atoms with Crippen LogP contribution in [0.1, 0.15) is 34.2 Å². The highest BCUT2D eigenvalue weighted by atomic mass is 19.1. The second kappa shape index (κ2) is 7.99. The van der Waals surface area contributed by atoms with Crippen LogP contribution in [0.15, 0.2) is 66.7 Å². The third kappa shape index (κ3) is 3.64. The van der Waals surface area contributed by atoms with Gasteiger partial charge >= 0.3 is 12.1 Å². The Balaban J connectivity index is 1.51. The smallest absolute Gasteiger partial charge is 0.408 e. The Morgan fingerprint density at radius 1 is 1.03 bits per heavy atom. The lowest BCUT2D eigenvalue weighted by atomic mass is 9.98. The number of aryl methyl sites for hydroxylation is 1. The van der Waals surface area contributed by atoms with Gasteiger partial charge in [0.2, 0.25) is 0 Å². The number of rotatable bonds is 5. The van der Waals surface area contributed by atoms with E-state index in [0.29, 0.717) is 5.56 Å². The highest BCUT2D eigenvalue weighted by molar-refractivity contribution is 5.82. The summed E-state index contributed by atoms with van der Waals surface area (Å²) in [5.74, 6) is -2.00. The minimum absolute atomic E-state index is 0.0638. The molecule has 0 spiro atoms. The summed E-state index contributed by atoms with van der Waals surface area (Å²) in [6.07, 6.45) is -0.868. The zero-order chi connectivity index (χ0) is 21.3.